The molecule has 2 aromatic carbocycles. The summed E-state index contributed by atoms with van der Waals surface area (Å²) in [6.45, 7) is 0. The maximum absolute atomic E-state index is 13.8. The molecule has 4 aromatic rings. The largest absolute Gasteiger partial charge is 0.493 e. The van der Waals surface area contributed by atoms with Crippen LogP contribution in [0.4, 0.5) is 13.2 Å². The predicted octanol–water partition coefficient (Wildman–Crippen LogP) is 5.75. The molecule has 30 heavy (non-hydrogen) atoms. The fourth-order valence-electron chi connectivity index (χ4n) is 3.17. The summed E-state index contributed by atoms with van der Waals surface area (Å²) in [5, 5.41) is 4.39. The number of nitrogens with zero attached hydrogens (tertiary/aromatic N) is 3. The number of hydrogen-bond acceptors (Lipinski definition) is 4. The zero-order valence-electron chi connectivity index (χ0n) is 15.9. The zero-order chi connectivity index (χ0) is 21.5. The smallest absolute Gasteiger partial charge is 0.433 e. The average molecular weight is 434 g/mol. The number of aromatic nitrogens is 3. The highest BCUT2D eigenvalue weighted by Gasteiger charge is 2.35. The van der Waals surface area contributed by atoms with Gasteiger partial charge in [0.2, 0.25) is 0 Å². The van der Waals surface area contributed by atoms with Gasteiger partial charge >= 0.3 is 6.18 Å². The van der Waals surface area contributed by atoms with E-state index < -0.39 is 11.9 Å². The molecule has 0 bridgehead atoms. The third-order valence-electron chi connectivity index (χ3n) is 4.58. The van der Waals surface area contributed by atoms with Crippen LogP contribution in [0.2, 0.25) is 5.02 Å². The fraction of sp³-hybridized carbons (Fsp3) is 0.143. The van der Waals surface area contributed by atoms with E-state index in [0.717, 1.165) is 10.6 Å². The lowest BCUT2D eigenvalue weighted by Crippen LogP contribution is -2.13. The Kier molecular flexibility index (Phi) is 5.03. The lowest BCUT2D eigenvalue weighted by molar-refractivity contribution is -0.142. The van der Waals surface area contributed by atoms with E-state index in [4.69, 9.17) is 21.1 Å². The topological polar surface area (TPSA) is 48.7 Å². The number of ether oxygens (including phenoxy) is 2. The first-order chi connectivity index (χ1) is 14.3. The summed E-state index contributed by atoms with van der Waals surface area (Å²) in [7, 11) is 2.93. The maximum atomic E-state index is 13.8. The molecule has 0 N–H and O–H groups in total. The van der Waals surface area contributed by atoms with Crippen molar-refractivity contribution in [2.24, 2.45) is 0 Å². The van der Waals surface area contributed by atoms with Gasteiger partial charge in [0.15, 0.2) is 22.8 Å². The van der Waals surface area contributed by atoms with Gasteiger partial charge in [-0.15, -0.1) is 0 Å². The SMILES string of the molecule is COc1ccc(-c2cc(C(F)(F)F)n3ncc(-c4cccc(Cl)c4)c3n2)cc1OC. The molecule has 0 saturated heterocycles. The Balaban J connectivity index is 1.98. The Morgan fingerprint density at radius 3 is 2.37 bits per heavy atom. The fourth-order valence-corrected chi connectivity index (χ4v) is 3.36. The molecule has 0 radical (unpaired) electrons. The van der Waals surface area contributed by atoms with Gasteiger partial charge in [-0.25, -0.2) is 9.50 Å². The van der Waals surface area contributed by atoms with Gasteiger partial charge in [0.05, 0.1) is 26.1 Å². The van der Waals surface area contributed by atoms with E-state index in [1.807, 2.05) is 0 Å². The molecule has 0 atom stereocenters. The van der Waals surface area contributed by atoms with Crippen LogP contribution in [-0.2, 0) is 6.18 Å². The van der Waals surface area contributed by atoms with Gasteiger partial charge in [0, 0.05) is 16.1 Å². The minimum absolute atomic E-state index is 0.0666. The summed E-state index contributed by atoms with van der Waals surface area (Å²) in [6.07, 6.45) is -3.29. The predicted molar refractivity (Wildman–Crippen MR) is 107 cm³/mol. The lowest BCUT2D eigenvalue weighted by Gasteiger charge is -2.13. The lowest BCUT2D eigenvalue weighted by atomic mass is 10.1. The van der Waals surface area contributed by atoms with Gasteiger partial charge in [-0.3, -0.25) is 0 Å². The summed E-state index contributed by atoms with van der Waals surface area (Å²) >= 11 is 6.05. The van der Waals surface area contributed by atoms with Crippen molar-refractivity contribution >= 4 is 17.2 Å². The molecule has 9 heteroatoms. The van der Waals surface area contributed by atoms with Crippen LogP contribution in [0.25, 0.3) is 28.0 Å². The molecule has 0 spiro atoms. The number of halogens is 4. The second-order valence-electron chi connectivity index (χ2n) is 6.40. The molecule has 2 heterocycles. The molecule has 4 rings (SSSR count). The zero-order valence-corrected chi connectivity index (χ0v) is 16.6. The van der Waals surface area contributed by atoms with Gasteiger partial charge in [-0.05, 0) is 42.0 Å². The van der Waals surface area contributed by atoms with Crippen LogP contribution in [0.5, 0.6) is 11.5 Å². The van der Waals surface area contributed by atoms with E-state index in [-0.39, 0.29) is 11.3 Å². The van der Waals surface area contributed by atoms with Crippen molar-refractivity contribution < 1.29 is 22.6 Å². The number of hydrogen-bond donors (Lipinski definition) is 0. The highest BCUT2D eigenvalue weighted by molar-refractivity contribution is 6.30. The summed E-state index contributed by atoms with van der Waals surface area (Å²) in [4.78, 5) is 4.48. The third kappa shape index (κ3) is 3.54. The van der Waals surface area contributed by atoms with Crippen molar-refractivity contribution in [1.82, 2.24) is 14.6 Å². The van der Waals surface area contributed by atoms with E-state index in [1.54, 1.807) is 42.5 Å². The average Bonchev–Trinajstić information content (AvgIpc) is 3.15. The van der Waals surface area contributed by atoms with Crippen molar-refractivity contribution in [2.75, 3.05) is 14.2 Å². The van der Waals surface area contributed by atoms with Gasteiger partial charge in [-0.1, -0.05) is 23.7 Å². The Labute approximate surface area is 174 Å². The number of benzene rings is 2. The van der Waals surface area contributed by atoms with Crippen LogP contribution in [0, 0.1) is 0 Å². The van der Waals surface area contributed by atoms with Crippen molar-refractivity contribution in [1.29, 1.82) is 0 Å². The first-order valence-corrected chi connectivity index (χ1v) is 9.14. The standard InChI is InChI=1S/C21H15ClF3N3O2/c1-29-17-7-6-13(9-18(17)30-2)16-10-19(21(23,24)25)28-20(27-16)15(11-26-28)12-4-3-5-14(22)8-12/h3-11H,1-2H3. The van der Waals surface area contributed by atoms with E-state index in [0.29, 0.717) is 33.2 Å². The monoisotopic (exact) mass is 433 g/mol. The summed E-state index contributed by atoms with van der Waals surface area (Å²) in [5.41, 5.74) is 0.744. The molecule has 0 aliphatic rings. The van der Waals surface area contributed by atoms with Crippen LogP contribution in [-0.4, -0.2) is 28.8 Å². The van der Waals surface area contributed by atoms with Crippen LogP contribution in [0.15, 0.2) is 54.7 Å². The Morgan fingerprint density at radius 2 is 1.70 bits per heavy atom. The third-order valence-corrected chi connectivity index (χ3v) is 4.81. The minimum atomic E-state index is -4.63. The van der Waals surface area contributed by atoms with E-state index >= 15 is 0 Å². The maximum Gasteiger partial charge on any atom is 0.433 e. The molecule has 2 aromatic heterocycles. The second kappa shape index (κ2) is 7.53. The van der Waals surface area contributed by atoms with Crippen molar-refractivity contribution in [2.45, 2.75) is 6.18 Å². The van der Waals surface area contributed by atoms with Gasteiger partial charge in [-0.2, -0.15) is 18.3 Å². The minimum Gasteiger partial charge on any atom is -0.493 e. The summed E-state index contributed by atoms with van der Waals surface area (Å²) in [5.74, 6) is 0.844. The Hall–Kier alpha value is -3.26. The van der Waals surface area contributed by atoms with Crippen molar-refractivity contribution in [3.8, 4) is 33.9 Å². The van der Waals surface area contributed by atoms with Gasteiger partial charge in [0.25, 0.3) is 0 Å². The first kappa shape index (κ1) is 20.0. The van der Waals surface area contributed by atoms with Crippen LogP contribution < -0.4 is 9.47 Å². The Morgan fingerprint density at radius 1 is 0.933 bits per heavy atom. The highest BCUT2D eigenvalue weighted by Crippen LogP contribution is 2.37. The summed E-state index contributed by atoms with van der Waals surface area (Å²) < 4.78 is 52.7. The first-order valence-electron chi connectivity index (χ1n) is 8.76. The molecule has 0 unspecified atom stereocenters. The Bertz CT molecular complexity index is 1240. The number of alkyl halides is 3. The van der Waals surface area contributed by atoms with Gasteiger partial charge in [0.1, 0.15) is 0 Å². The molecule has 0 aliphatic heterocycles. The molecule has 5 nitrogen and oxygen atoms in total. The normalized spacial score (nSPS) is 11.7. The van der Waals surface area contributed by atoms with Crippen molar-refractivity contribution in [3.63, 3.8) is 0 Å². The molecule has 0 aliphatic carbocycles. The molecule has 0 fully saturated rings. The van der Waals surface area contributed by atoms with Crippen LogP contribution >= 0.6 is 11.6 Å². The molecule has 0 saturated carbocycles. The number of methoxy groups -OCH3 is 2. The van der Waals surface area contributed by atoms with E-state index in [9.17, 15) is 13.2 Å². The second-order valence-corrected chi connectivity index (χ2v) is 6.83. The molecule has 154 valence electrons. The quantitative estimate of drug-likeness (QED) is 0.411. The van der Waals surface area contributed by atoms with Crippen molar-refractivity contribution in [3.05, 3.63) is 65.4 Å². The van der Waals surface area contributed by atoms with Gasteiger partial charge < -0.3 is 9.47 Å². The van der Waals surface area contributed by atoms with E-state index in [1.165, 1.54) is 20.4 Å². The number of fused-ring (bicyclic) bond motifs is 1. The highest BCUT2D eigenvalue weighted by atomic mass is 35.5. The molecular formula is C21H15ClF3N3O2. The van der Waals surface area contributed by atoms with E-state index in [2.05, 4.69) is 10.1 Å². The van der Waals surface area contributed by atoms with Crippen LogP contribution in [0.3, 0.4) is 0 Å². The van der Waals surface area contributed by atoms with Crippen LogP contribution in [0.1, 0.15) is 5.69 Å². The summed E-state index contributed by atoms with van der Waals surface area (Å²) in [6, 6.07) is 12.6. The molecular weight excluding hydrogens is 419 g/mol. The molecule has 0 amide bonds. The number of rotatable bonds is 4.